The monoisotopic (exact) mass is 1190 g/mol. The predicted octanol–water partition coefficient (Wildman–Crippen LogP) is 18.6. The maximum Gasteiger partial charge on any atom is 0.335 e. The van der Waals surface area contributed by atoms with Crippen molar-refractivity contribution in [3.8, 4) is 0 Å². The Labute approximate surface area is 516 Å². The Morgan fingerprint density at radius 2 is 0.741 bits per heavy atom. The number of allylic oxidation sites excluding steroid dienone is 18. The number of hydrogen-bond acceptors (Lipinski definition) is 11. The van der Waals surface area contributed by atoms with Crippen LogP contribution >= 0.6 is 0 Å². The molecule has 0 aromatic heterocycles. The van der Waals surface area contributed by atoms with Crippen molar-refractivity contribution in [3.05, 3.63) is 109 Å². The summed E-state index contributed by atoms with van der Waals surface area (Å²) < 4.78 is 28.5. The zero-order chi connectivity index (χ0) is 61.7. The van der Waals surface area contributed by atoms with Gasteiger partial charge in [0.05, 0.1) is 6.61 Å². The summed E-state index contributed by atoms with van der Waals surface area (Å²) in [5.74, 6) is -3.18. The van der Waals surface area contributed by atoms with Gasteiger partial charge in [-0.3, -0.25) is 14.4 Å². The first-order valence-corrected chi connectivity index (χ1v) is 33.9. The second-order valence-corrected chi connectivity index (χ2v) is 22.7. The fourth-order valence-corrected chi connectivity index (χ4v) is 9.70. The molecule has 1 aliphatic rings. The van der Waals surface area contributed by atoms with Crippen LogP contribution in [0.1, 0.15) is 278 Å². The lowest BCUT2D eigenvalue weighted by molar-refractivity contribution is -0.301. The van der Waals surface area contributed by atoms with Gasteiger partial charge in [-0.1, -0.05) is 246 Å². The first-order chi connectivity index (χ1) is 41.6. The van der Waals surface area contributed by atoms with Crippen LogP contribution < -0.4 is 0 Å². The van der Waals surface area contributed by atoms with Crippen LogP contribution in [0.5, 0.6) is 0 Å². The summed E-state index contributed by atoms with van der Waals surface area (Å²) in [5.41, 5.74) is 0. The highest BCUT2D eigenvalue weighted by Crippen LogP contribution is 2.27. The van der Waals surface area contributed by atoms with Gasteiger partial charge in [-0.05, 0) is 122 Å². The standard InChI is InChI=1S/C73H120O12/c1-4-7-10-13-16-19-22-25-28-31-33-36-38-41-44-47-50-53-56-59-65(74)81-62-64(83-66(75)60-57-54-51-48-45-42-39-35-30-27-24-21-18-15-12-9-6-3)63-82-73-71(69(78)68(77)70(85-73)72(79)80)84-67(76)61-58-55-52-49-46-43-40-37-34-32-29-26-23-20-17-14-11-8-5-2/h8-9,11-12,17-18,20-21,25-30,34,37,43,46,64,68-71,73,77-78H,4-7,10,13-16,19,22-24,31-33,35-36,38-42,44-45,47-63H2,1-3H3,(H,79,80)/b11-8-,12-9-,20-17-,21-18-,28-25-,29-26-,30-27-,37-34-,46-43-. The molecular formula is C73H120O12. The SMILES string of the molecule is CC/C=C\C/C=C\C/C=C\C/C=C\C/C=C\CCCCCC(=O)OC1C(OCC(COC(=O)CCCCCCCCCCC/C=C\CCCCCCCC)OC(=O)CCCCCCCCC/C=C\C/C=C\C/C=C\CC)OC(C(=O)O)C(O)C1O. The third-order valence-electron chi connectivity index (χ3n) is 14.8. The zero-order valence-electron chi connectivity index (χ0n) is 53.6. The van der Waals surface area contributed by atoms with Crippen LogP contribution in [-0.2, 0) is 42.9 Å². The Kier molecular flexibility index (Phi) is 55.1. The molecule has 0 amide bonds. The van der Waals surface area contributed by atoms with E-state index in [2.05, 4.69) is 130 Å². The first-order valence-electron chi connectivity index (χ1n) is 33.9. The molecule has 0 aliphatic carbocycles. The molecule has 1 rings (SSSR count). The molecule has 0 aromatic carbocycles. The topological polar surface area (TPSA) is 175 Å². The van der Waals surface area contributed by atoms with Gasteiger partial charge in [-0.2, -0.15) is 0 Å². The fraction of sp³-hybridized carbons (Fsp3) is 0.699. The Hall–Kier alpha value is -4.62. The molecule has 12 nitrogen and oxygen atoms in total. The van der Waals surface area contributed by atoms with Crippen LogP contribution in [0.2, 0.25) is 0 Å². The van der Waals surface area contributed by atoms with Gasteiger partial charge in [0, 0.05) is 19.3 Å². The average molecular weight is 1190 g/mol. The van der Waals surface area contributed by atoms with E-state index < -0.39 is 67.3 Å². The number of ether oxygens (including phenoxy) is 5. The molecular weight excluding hydrogens is 1070 g/mol. The number of carbonyl (C=O) groups excluding carboxylic acids is 3. The molecule has 1 fully saturated rings. The van der Waals surface area contributed by atoms with E-state index >= 15 is 0 Å². The number of aliphatic carboxylic acids is 1. The lowest BCUT2D eigenvalue weighted by Gasteiger charge is -2.40. The van der Waals surface area contributed by atoms with Gasteiger partial charge < -0.3 is 39.0 Å². The Bertz CT molecular complexity index is 1890. The molecule has 0 radical (unpaired) electrons. The minimum absolute atomic E-state index is 0.0155. The maximum absolute atomic E-state index is 13.2. The van der Waals surface area contributed by atoms with E-state index in [1.54, 1.807) is 0 Å². The van der Waals surface area contributed by atoms with Crippen LogP contribution in [0.4, 0.5) is 0 Å². The van der Waals surface area contributed by atoms with E-state index in [0.717, 1.165) is 135 Å². The molecule has 12 heteroatoms. The van der Waals surface area contributed by atoms with Crippen molar-refractivity contribution in [1.82, 2.24) is 0 Å². The number of hydrogen-bond donors (Lipinski definition) is 3. The minimum Gasteiger partial charge on any atom is -0.479 e. The minimum atomic E-state index is -1.92. The van der Waals surface area contributed by atoms with Crippen LogP contribution in [0.15, 0.2) is 109 Å². The van der Waals surface area contributed by atoms with E-state index in [1.165, 1.54) is 83.5 Å². The summed E-state index contributed by atoms with van der Waals surface area (Å²) in [6.07, 6.45) is 69.0. The average Bonchev–Trinajstić information content (AvgIpc) is 2.79. The summed E-state index contributed by atoms with van der Waals surface area (Å²) >= 11 is 0. The summed E-state index contributed by atoms with van der Waals surface area (Å²) in [5, 5.41) is 31.6. The van der Waals surface area contributed by atoms with E-state index in [9.17, 15) is 34.5 Å². The summed E-state index contributed by atoms with van der Waals surface area (Å²) in [6, 6.07) is 0. The highest BCUT2D eigenvalue weighted by atomic mass is 16.7. The van der Waals surface area contributed by atoms with Gasteiger partial charge in [-0.15, -0.1) is 0 Å². The van der Waals surface area contributed by atoms with Crippen molar-refractivity contribution >= 4 is 23.9 Å². The Morgan fingerprint density at radius 3 is 1.15 bits per heavy atom. The quantitative estimate of drug-likeness (QED) is 0.0228. The number of esters is 3. The van der Waals surface area contributed by atoms with Crippen molar-refractivity contribution in [2.75, 3.05) is 13.2 Å². The second kappa shape index (κ2) is 59.7. The summed E-state index contributed by atoms with van der Waals surface area (Å²) in [4.78, 5) is 51.4. The van der Waals surface area contributed by atoms with Crippen LogP contribution in [0.25, 0.3) is 0 Å². The molecule has 0 aromatic rings. The van der Waals surface area contributed by atoms with Gasteiger partial charge in [0.15, 0.2) is 24.6 Å². The number of aliphatic hydroxyl groups excluding tert-OH is 2. The molecule has 0 bridgehead atoms. The third kappa shape index (κ3) is 49.1. The molecule has 1 aliphatic heterocycles. The van der Waals surface area contributed by atoms with Gasteiger partial charge in [0.25, 0.3) is 0 Å². The molecule has 6 atom stereocenters. The summed E-state index contributed by atoms with van der Waals surface area (Å²) in [6.45, 7) is 5.77. The first kappa shape index (κ1) is 78.4. The Balaban J connectivity index is 2.68. The van der Waals surface area contributed by atoms with Gasteiger partial charge >= 0.3 is 23.9 Å². The third-order valence-corrected chi connectivity index (χ3v) is 14.8. The number of aliphatic hydroxyl groups is 2. The number of rotatable bonds is 57. The largest absolute Gasteiger partial charge is 0.479 e. The molecule has 1 heterocycles. The zero-order valence-corrected chi connectivity index (χ0v) is 53.6. The van der Waals surface area contributed by atoms with Crippen molar-refractivity contribution in [2.24, 2.45) is 0 Å². The van der Waals surface area contributed by atoms with Gasteiger partial charge in [0.1, 0.15) is 18.8 Å². The predicted molar refractivity (Wildman–Crippen MR) is 349 cm³/mol. The fourth-order valence-electron chi connectivity index (χ4n) is 9.70. The van der Waals surface area contributed by atoms with Crippen molar-refractivity contribution in [3.63, 3.8) is 0 Å². The number of carboxylic acid groups (broad SMARTS) is 1. The molecule has 0 spiro atoms. The van der Waals surface area contributed by atoms with E-state index in [4.69, 9.17) is 23.7 Å². The lowest BCUT2D eigenvalue weighted by Crippen LogP contribution is -2.61. The van der Waals surface area contributed by atoms with E-state index in [1.807, 2.05) is 0 Å². The molecule has 3 N–H and O–H groups in total. The van der Waals surface area contributed by atoms with Crippen LogP contribution in [0.3, 0.4) is 0 Å². The molecule has 6 unspecified atom stereocenters. The van der Waals surface area contributed by atoms with Gasteiger partial charge in [-0.25, -0.2) is 4.79 Å². The van der Waals surface area contributed by atoms with Gasteiger partial charge in [0.2, 0.25) is 0 Å². The lowest BCUT2D eigenvalue weighted by atomic mass is 9.98. The van der Waals surface area contributed by atoms with E-state index in [0.29, 0.717) is 19.3 Å². The normalized spacial score (nSPS) is 18.2. The summed E-state index contributed by atoms with van der Waals surface area (Å²) in [7, 11) is 0. The molecule has 0 saturated carbocycles. The molecule has 85 heavy (non-hydrogen) atoms. The van der Waals surface area contributed by atoms with E-state index in [-0.39, 0.29) is 25.9 Å². The van der Waals surface area contributed by atoms with Crippen LogP contribution in [-0.4, -0.2) is 89.2 Å². The second-order valence-electron chi connectivity index (χ2n) is 22.7. The Morgan fingerprint density at radius 1 is 0.400 bits per heavy atom. The molecule has 1 saturated heterocycles. The highest BCUT2D eigenvalue weighted by Gasteiger charge is 2.50. The number of carbonyl (C=O) groups is 4. The number of unbranched alkanes of at least 4 members (excludes halogenated alkanes) is 25. The van der Waals surface area contributed by atoms with Crippen LogP contribution in [0, 0.1) is 0 Å². The highest BCUT2D eigenvalue weighted by molar-refractivity contribution is 5.74. The van der Waals surface area contributed by atoms with Crippen molar-refractivity contribution in [2.45, 2.75) is 314 Å². The van der Waals surface area contributed by atoms with Crippen molar-refractivity contribution < 1.29 is 58.2 Å². The number of carboxylic acids is 1. The van der Waals surface area contributed by atoms with Crippen molar-refractivity contribution in [1.29, 1.82) is 0 Å². The molecule has 484 valence electrons. The maximum atomic E-state index is 13.2. The smallest absolute Gasteiger partial charge is 0.335 e.